The maximum atomic E-state index is 12.4. The van der Waals surface area contributed by atoms with Crippen LogP contribution in [0.4, 0.5) is 0 Å². The number of hydrogen-bond donors (Lipinski definition) is 1. The summed E-state index contributed by atoms with van der Waals surface area (Å²) < 4.78 is 0. The normalized spacial score (nSPS) is 21.1. The minimum atomic E-state index is 0.0429. The van der Waals surface area contributed by atoms with Crippen molar-refractivity contribution in [2.75, 3.05) is 19.6 Å². The molecule has 1 aliphatic heterocycles. The third-order valence-electron chi connectivity index (χ3n) is 3.68. The Morgan fingerprint density at radius 3 is 2.72 bits per heavy atom. The zero-order valence-corrected chi connectivity index (χ0v) is 11.4. The zero-order valence-electron chi connectivity index (χ0n) is 9.88. The largest absolute Gasteiger partial charge is 0.336 e. The lowest BCUT2D eigenvalue weighted by atomic mass is 10.1. The topological polar surface area (TPSA) is 32.3 Å². The van der Waals surface area contributed by atoms with Crippen molar-refractivity contribution in [3.05, 3.63) is 33.8 Å². The fourth-order valence-electron chi connectivity index (χ4n) is 2.43. The molecule has 3 nitrogen and oxygen atoms in total. The van der Waals surface area contributed by atoms with Gasteiger partial charge < -0.3 is 10.2 Å². The Kier molecular flexibility index (Phi) is 3.00. The number of piperazine rings is 1. The summed E-state index contributed by atoms with van der Waals surface area (Å²) >= 11 is 11.8. The molecule has 0 aromatic heterocycles. The molecule has 2 aliphatic rings. The van der Waals surface area contributed by atoms with E-state index in [1.165, 1.54) is 0 Å². The monoisotopic (exact) mass is 284 g/mol. The van der Waals surface area contributed by atoms with E-state index in [0.29, 0.717) is 15.6 Å². The second-order valence-corrected chi connectivity index (χ2v) is 5.88. The quantitative estimate of drug-likeness (QED) is 0.860. The number of nitrogens with one attached hydrogen (secondary N) is 1. The Labute approximate surface area is 116 Å². The van der Waals surface area contributed by atoms with Crippen LogP contribution in [0.3, 0.4) is 0 Å². The van der Waals surface area contributed by atoms with Crippen molar-refractivity contribution in [2.24, 2.45) is 0 Å². The standard InChI is InChI=1S/C13H14Cl2N2O/c14-10-2-1-9(7-11(10)15)12(18)17-6-5-16-13(8-17)3-4-13/h1-2,7,16H,3-6,8H2. The molecule has 1 saturated heterocycles. The SMILES string of the molecule is O=C(c1ccc(Cl)c(Cl)c1)N1CCNC2(CC2)C1. The van der Waals surface area contributed by atoms with E-state index in [4.69, 9.17) is 23.2 Å². The molecule has 0 unspecified atom stereocenters. The lowest BCUT2D eigenvalue weighted by Gasteiger charge is -2.34. The molecule has 1 spiro atoms. The molecular formula is C13H14Cl2N2O. The number of benzene rings is 1. The fourth-order valence-corrected chi connectivity index (χ4v) is 2.73. The van der Waals surface area contributed by atoms with Gasteiger partial charge in [-0.2, -0.15) is 0 Å². The maximum Gasteiger partial charge on any atom is 0.254 e. The van der Waals surface area contributed by atoms with Crippen LogP contribution < -0.4 is 5.32 Å². The minimum Gasteiger partial charge on any atom is -0.336 e. The van der Waals surface area contributed by atoms with Crippen LogP contribution in [0.5, 0.6) is 0 Å². The Bertz CT molecular complexity index is 500. The van der Waals surface area contributed by atoms with Crippen LogP contribution in [0.25, 0.3) is 0 Å². The van der Waals surface area contributed by atoms with Crippen LogP contribution in [0, 0.1) is 0 Å². The zero-order chi connectivity index (χ0) is 12.8. The summed E-state index contributed by atoms with van der Waals surface area (Å²) in [5.41, 5.74) is 0.812. The van der Waals surface area contributed by atoms with Gasteiger partial charge in [0.05, 0.1) is 10.0 Å². The third-order valence-corrected chi connectivity index (χ3v) is 4.42. The highest BCUT2D eigenvalue weighted by atomic mass is 35.5. The summed E-state index contributed by atoms with van der Waals surface area (Å²) in [5, 5.41) is 4.39. The smallest absolute Gasteiger partial charge is 0.254 e. The Hall–Kier alpha value is -0.770. The van der Waals surface area contributed by atoms with E-state index >= 15 is 0 Å². The predicted molar refractivity (Wildman–Crippen MR) is 72.3 cm³/mol. The first-order chi connectivity index (χ1) is 8.60. The first-order valence-corrected chi connectivity index (χ1v) is 6.85. The number of rotatable bonds is 1. The van der Waals surface area contributed by atoms with Gasteiger partial charge in [0.25, 0.3) is 5.91 Å². The van der Waals surface area contributed by atoms with Crippen molar-refractivity contribution in [3.8, 4) is 0 Å². The molecule has 18 heavy (non-hydrogen) atoms. The van der Waals surface area contributed by atoms with Gasteiger partial charge in [-0.05, 0) is 31.0 Å². The van der Waals surface area contributed by atoms with E-state index < -0.39 is 0 Å². The molecule has 96 valence electrons. The van der Waals surface area contributed by atoms with E-state index in [0.717, 1.165) is 32.5 Å². The third kappa shape index (κ3) is 2.22. The molecule has 1 aromatic rings. The van der Waals surface area contributed by atoms with Crippen LogP contribution in [0.15, 0.2) is 18.2 Å². The molecule has 1 N–H and O–H groups in total. The molecule has 0 atom stereocenters. The number of nitrogens with zero attached hydrogens (tertiary/aromatic N) is 1. The van der Waals surface area contributed by atoms with E-state index in [-0.39, 0.29) is 11.4 Å². The molecule has 2 fully saturated rings. The molecular weight excluding hydrogens is 271 g/mol. The van der Waals surface area contributed by atoms with Gasteiger partial charge >= 0.3 is 0 Å². The second-order valence-electron chi connectivity index (χ2n) is 5.06. The minimum absolute atomic E-state index is 0.0429. The second kappa shape index (κ2) is 4.41. The molecule has 3 rings (SSSR count). The number of amides is 1. The number of hydrogen-bond acceptors (Lipinski definition) is 2. The van der Waals surface area contributed by atoms with E-state index in [2.05, 4.69) is 5.32 Å². The summed E-state index contributed by atoms with van der Waals surface area (Å²) in [5.74, 6) is 0.0429. The first-order valence-electron chi connectivity index (χ1n) is 6.09. The first kappa shape index (κ1) is 12.3. The summed E-state index contributed by atoms with van der Waals surface area (Å²) in [6.07, 6.45) is 2.33. The van der Waals surface area contributed by atoms with Crippen LogP contribution in [-0.4, -0.2) is 36.0 Å². The highest BCUT2D eigenvalue weighted by molar-refractivity contribution is 6.42. The van der Waals surface area contributed by atoms with Crippen molar-refractivity contribution in [1.82, 2.24) is 10.2 Å². The van der Waals surface area contributed by atoms with E-state index in [1.54, 1.807) is 18.2 Å². The van der Waals surface area contributed by atoms with Crippen LogP contribution in [0.1, 0.15) is 23.2 Å². The molecule has 1 saturated carbocycles. The van der Waals surface area contributed by atoms with Crippen molar-refractivity contribution >= 4 is 29.1 Å². The van der Waals surface area contributed by atoms with Gasteiger partial charge in [-0.3, -0.25) is 4.79 Å². The molecule has 0 bridgehead atoms. The van der Waals surface area contributed by atoms with Crippen LogP contribution in [0.2, 0.25) is 10.0 Å². The van der Waals surface area contributed by atoms with Crippen molar-refractivity contribution in [3.63, 3.8) is 0 Å². The van der Waals surface area contributed by atoms with E-state index in [1.807, 2.05) is 4.90 Å². The molecule has 5 heteroatoms. The summed E-state index contributed by atoms with van der Waals surface area (Å²) in [7, 11) is 0. The number of halogens is 2. The van der Waals surface area contributed by atoms with Crippen molar-refractivity contribution in [2.45, 2.75) is 18.4 Å². The fraction of sp³-hybridized carbons (Fsp3) is 0.462. The van der Waals surface area contributed by atoms with Gasteiger partial charge in [-0.25, -0.2) is 0 Å². The Morgan fingerprint density at radius 1 is 1.28 bits per heavy atom. The summed E-state index contributed by atoms with van der Waals surface area (Å²) in [6.45, 7) is 2.42. The number of carbonyl (C=O) groups is 1. The molecule has 1 amide bonds. The number of carbonyl (C=O) groups excluding carboxylic acids is 1. The lowest BCUT2D eigenvalue weighted by molar-refractivity contribution is 0.0691. The van der Waals surface area contributed by atoms with Crippen LogP contribution in [-0.2, 0) is 0 Å². The highest BCUT2D eigenvalue weighted by Gasteiger charge is 2.46. The van der Waals surface area contributed by atoms with Crippen molar-refractivity contribution in [1.29, 1.82) is 0 Å². The van der Waals surface area contributed by atoms with Gasteiger partial charge in [-0.1, -0.05) is 23.2 Å². The van der Waals surface area contributed by atoms with Gasteiger partial charge in [0.1, 0.15) is 0 Å². The average Bonchev–Trinajstić information content (AvgIpc) is 3.11. The summed E-state index contributed by atoms with van der Waals surface area (Å²) in [6, 6.07) is 5.05. The van der Waals surface area contributed by atoms with Gasteiger partial charge in [0.2, 0.25) is 0 Å². The lowest BCUT2D eigenvalue weighted by Crippen LogP contribution is -2.54. The van der Waals surface area contributed by atoms with Crippen LogP contribution >= 0.6 is 23.2 Å². The molecule has 1 heterocycles. The molecule has 1 aromatic carbocycles. The highest BCUT2D eigenvalue weighted by Crippen LogP contribution is 2.37. The van der Waals surface area contributed by atoms with Gasteiger partial charge in [0.15, 0.2) is 0 Å². The Balaban J connectivity index is 1.79. The molecule has 1 aliphatic carbocycles. The van der Waals surface area contributed by atoms with Gasteiger partial charge in [-0.15, -0.1) is 0 Å². The summed E-state index contributed by atoms with van der Waals surface area (Å²) in [4.78, 5) is 14.3. The maximum absolute atomic E-state index is 12.4. The van der Waals surface area contributed by atoms with E-state index in [9.17, 15) is 4.79 Å². The van der Waals surface area contributed by atoms with Crippen molar-refractivity contribution < 1.29 is 4.79 Å². The average molecular weight is 285 g/mol. The van der Waals surface area contributed by atoms with Gasteiger partial charge in [0, 0.05) is 30.7 Å². The molecule has 0 radical (unpaired) electrons. The predicted octanol–water partition coefficient (Wildman–Crippen LogP) is 2.57. The Morgan fingerprint density at radius 2 is 2.06 bits per heavy atom.